The SMILES string of the molecule is Cc1cc(NC(=O)CN2CCC[C@H]2CO)ccc1Br. The van der Waals surface area contributed by atoms with Gasteiger partial charge in [0.1, 0.15) is 0 Å². The Balaban J connectivity index is 1.92. The van der Waals surface area contributed by atoms with Crippen LogP contribution in [-0.4, -0.2) is 41.7 Å². The van der Waals surface area contributed by atoms with Crippen LogP contribution in [0.15, 0.2) is 22.7 Å². The second-order valence-corrected chi connectivity index (χ2v) is 5.82. The third-order valence-corrected chi connectivity index (χ3v) is 4.39. The number of amides is 1. The van der Waals surface area contributed by atoms with Gasteiger partial charge in [-0.1, -0.05) is 15.9 Å². The molecule has 1 atom stereocenters. The number of aryl methyl sites for hydroxylation is 1. The fourth-order valence-electron chi connectivity index (χ4n) is 2.42. The number of anilines is 1. The third kappa shape index (κ3) is 3.78. The topological polar surface area (TPSA) is 52.6 Å². The second-order valence-electron chi connectivity index (χ2n) is 4.96. The molecule has 4 nitrogen and oxygen atoms in total. The Labute approximate surface area is 121 Å². The number of benzene rings is 1. The molecule has 1 aromatic carbocycles. The lowest BCUT2D eigenvalue weighted by molar-refractivity contribution is -0.117. The molecule has 1 aromatic rings. The fraction of sp³-hybridized carbons (Fsp3) is 0.500. The molecule has 0 saturated carbocycles. The highest BCUT2D eigenvalue weighted by Crippen LogP contribution is 2.20. The highest BCUT2D eigenvalue weighted by atomic mass is 79.9. The lowest BCUT2D eigenvalue weighted by atomic mass is 10.2. The zero-order valence-corrected chi connectivity index (χ0v) is 12.6. The van der Waals surface area contributed by atoms with Crippen molar-refractivity contribution in [3.63, 3.8) is 0 Å². The van der Waals surface area contributed by atoms with Crippen LogP contribution in [0, 0.1) is 6.92 Å². The normalized spacial score (nSPS) is 19.6. The molecule has 1 fully saturated rings. The molecule has 0 aliphatic carbocycles. The Hall–Kier alpha value is -0.910. The highest BCUT2D eigenvalue weighted by molar-refractivity contribution is 9.10. The number of carbonyl (C=O) groups excluding carboxylic acids is 1. The molecule has 1 aliphatic heterocycles. The van der Waals surface area contributed by atoms with Crippen LogP contribution in [-0.2, 0) is 4.79 Å². The standard InChI is InChI=1S/C14H19BrN2O2/c1-10-7-11(4-5-13(10)15)16-14(19)8-17-6-2-3-12(17)9-18/h4-5,7,12,18H,2-3,6,8-9H2,1H3,(H,16,19)/t12-/m0/s1. The number of carbonyl (C=O) groups is 1. The van der Waals surface area contributed by atoms with Crippen LogP contribution in [0.3, 0.4) is 0 Å². The average molecular weight is 327 g/mol. The van der Waals surface area contributed by atoms with Crippen LogP contribution < -0.4 is 5.32 Å². The quantitative estimate of drug-likeness (QED) is 0.891. The first kappa shape index (κ1) is 14.5. The summed E-state index contributed by atoms with van der Waals surface area (Å²) < 4.78 is 1.03. The van der Waals surface area contributed by atoms with Gasteiger partial charge in [0.15, 0.2) is 0 Å². The summed E-state index contributed by atoms with van der Waals surface area (Å²) >= 11 is 3.44. The zero-order valence-electron chi connectivity index (χ0n) is 11.0. The lowest BCUT2D eigenvalue weighted by Crippen LogP contribution is -2.38. The number of nitrogens with zero attached hydrogens (tertiary/aromatic N) is 1. The Kier molecular flexibility index (Phi) is 4.96. The molecule has 0 bridgehead atoms. The van der Waals surface area contributed by atoms with Crippen LogP contribution >= 0.6 is 15.9 Å². The minimum absolute atomic E-state index is 0.0259. The number of halogens is 1. The van der Waals surface area contributed by atoms with Gasteiger partial charge in [-0.3, -0.25) is 9.69 Å². The van der Waals surface area contributed by atoms with E-state index in [0.29, 0.717) is 6.54 Å². The molecule has 1 heterocycles. The monoisotopic (exact) mass is 326 g/mol. The zero-order chi connectivity index (χ0) is 13.8. The van der Waals surface area contributed by atoms with E-state index in [-0.39, 0.29) is 18.6 Å². The number of rotatable bonds is 4. The fourth-order valence-corrected chi connectivity index (χ4v) is 2.66. The third-order valence-electron chi connectivity index (χ3n) is 3.50. The second kappa shape index (κ2) is 6.50. The van der Waals surface area contributed by atoms with Crippen molar-refractivity contribution in [2.75, 3.05) is 25.0 Å². The van der Waals surface area contributed by atoms with Crippen molar-refractivity contribution in [2.45, 2.75) is 25.8 Å². The van der Waals surface area contributed by atoms with E-state index in [2.05, 4.69) is 21.2 Å². The molecule has 104 valence electrons. The van der Waals surface area contributed by atoms with Crippen molar-refractivity contribution in [2.24, 2.45) is 0 Å². The van der Waals surface area contributed by atoms with E-state index in [1.54, 1.807) is 0 Å². The average Bonchev–Trinajstić information content (AvgIpc) is 2.81. The molecule has 1 amide bonds. The van der Waals surface area contributed by atoms with Crippen LogP contribution in [0.5, 0.6) is 0 Å². The predicted octanol–water partition coefficient (Wildman–Crippen LogP) is 2.15. The van der Waals surface area contributed by atoms with Crippen molar-refractivity contribution < 1.29 is 9.90 Å². The summed E-state index contributed by atoms with van der Waals surface area (Å²) in [7, 11) is 0. The van der Waals surface area contributed by atoms with E-state index >= 15 is 0 Å². The van der Waals surface area contributed by atoms with Crippen LogP contribution in [0.25, 0.3) is 0 Å². The maximum absolute atomic E-state index is 12.0. The van der Waals surface area contributed by atoms with E-state index in [0.717, 1.165) is 35.1 Å². The highest BCUT2D eigenvalue weighted by Gasteiger charge is 2.25. The number of aliphatic hydroxyl groups is 1. The predicted molar refractivity (Wildman–Crippen MR) is 79.2 cm³/mol. The van der Waals surface area contributed by atoms with Gasteiger partial charge in [0.05, 0.1) is 13.2 Å². The Morgan fingerprint density at radius 1 is 1.58 bits per heavy atom. The van der Waals surface area contributed by atoms with Gasteiger partial charge in [0, 0.05) is 16.2 Å². The molecular formula is C14H19BrN2O2. The molecule has 1 aliphatic rings. The number of aliphatic hydroxyl groups excluding tert-OH is 1. The van der Waals surface area contributed by atoms with Crippen molar-refractivity contribution in [1.82, 2.24) is 4.90 Å². The van der Waals surface area contributed by atoms with Gasteiger partial charge in [-0.05, 0) is 50.1 Å². The maximum Gasteiger partial charge on any atom is 0.238 e. The first-order valence-corrected chi connectivity index (χ1v) is 7.30. The van der Waals surface area contributed by atoms with Crippen molar-refractivity contribution >= 4 is 27.5 Å². The minimum atomic E-state index is -0.0259. The molecule has 0 unspecified atom stereocenters. The van der Waals surface area contributed by atoms with E-state index in [1.807, 2.05) is 30.0 Å². The summed E-state index contributed by atoms with van der Waals surface area (Å²) in [6, 6.07) is 5.88. The summed E-state index contributed by atoms with van der Waals surface area (Å²) in [6.07, 6.45) is 2.02. The summed E-state index contributed by atoms with van der Waals surface area (Å²) in [4.78, 5) is 14.0. The van der Waals surface area contributed by atoms with Gasteiger partial charge >= 0.3 is 0 Å². The molecule has 19 heavy (non-hydrogen) atoms. The number of nitrogens with one attached hydrogen (secondary N) is 1. The smallest absolute Gasteiger partial charge is 0.238 e. The van der Waals surface area contributed by atoms with Gasteiger partial charge in [-0.15, -0.1) is 0 Å². The van der Waals surface area contributed by atoms with Gasteiger partial charge in [0.2, 0.25) is 5.91 Å². The first-order valence-electron chi connectivity index (χ1n) is 6.51. The summed E-state index contributed by atoms with van der Waals surface area (Å²) in [6.45, 7) is 3.35. The van der Waals surface area contributed by atoms with E-state index < -0.39 is 0 Å². The van der Waals surface area contributed by atoms with Gasteiger partial charge in [-0.2, -0.15) is 0 Å². The van der Waals surface area contributed by atoms with Gasteiger partial charge in [-0.25, -0.2) is 0 Å². The summed E-state index contributed by atoms with van der Waals surface area (Å²) in [5.41, 5.74) is 1.90. The molecule has 0 spiro atoms. The Bertz CT molecular complexity index is 465. The molecule has 5 heteroatoms. The molecular weight excluding hydrogens is 308 g/mol. The minimum Gasteiger partial charge on any atom is -0.395 e. The van der Waals surface area contributed by atoms with Crippen LogP contribution in [0.1, 0.15) is 18.4 Å². The molecule has 2 N–H and O–H groups in total. The van der Waals surface area contributed by atoms with E-state index in [4.69, 9.17) is 0 Å². The summed E-state index contributed by atoms with van der Waals surface area (Å²) in [5.74, 6) is -0.0259. The number of likely N-dealkylation sites (tertiary alicyclic amines) is 1. The number of hydrogen-bond donors (Lipinski definition) is 2. The molecule has 1 saturated heterocycles. The lowest BCUT2D eigenvalue weighted by Gasteiger charge is -2.21. The number of hydrogen-bond acceptors (Lipinski definition) is 3. The van der Waals surface area contributed by atoms with Gasteiger partial charge in [0.25, 0.3) is 0 Å². The first-order chi connectivity index (χ1) is 9.10. The largest absolute Gasteiger partial charge is 0.395 e. The van der Waals surface area contributed by atoms with Crippen LogP contribution in [0.2, 0.25) is 0 Å². The molecule has 0 radical (unpaired) electrons. The van der Waals surface area contributed by atoms with Crippen molar-refractivity contribution in [3.8, 4) is 0 Å². The maximum atomic E-state index is 12.0. The van der Waals surface area contributed by atoms with Crippen molar-refractivity contribution in [1.29, 1.82) is 0 Å². The molecule has 0 aromatic heterocycles. The van der Waals surface area contributed by atoms with E-state index in [1.165, 1.54) is 0 Å². The molecule has 2 rings (SSSR count). The van der Waals surface area contributed by atoms with Gasteiger partial charge < -0.3 is 10.4 Å². The Morgan fingerprint density at radius 2 is 2.37 bits per heavy atom. The summed E-state index contributed by atoms with van der Waals surface area (Å²) in [5, 5.41) is 12.1. The van der Waals surface area contributed by atoms with E-state index in [9.17, 15) is 9.90 Å². The van der Waals surface area contributed by atoms with Crippen LogP contribution in [0.4, 0.5) is 5.69 Å². The van der Waals surface area contributed by atoms with Crippen molar-refractivity contribution in [3.05, 3.63) is 28.2 Å². The Morgan fingerprint density at radius 3 is 3.05 bits per heavy atom.